The number of piperidine rings is 2. The van der Waals surface area contributed by atoms with Crippen LogP contribution in [0, 0.1) is 5.41 Å². The van der Waals surface area contributed by atoms with Gasteiger partial charge in [-0.05, 0) is 106 Å². The van der Waals surface area contributed by atoms with Crippen LogP contribution in [0.4, 0.5) is 27.8 Å². The van der Waals surface area contributed by atoms with Crippen molar-refractivity contribution in [2.45, 2.75) is 62.9 Å². The van der Waals surface area contributed by atoms with Gasteiger partial charge in [0.2, 0.25) is 0 Å². The van der Waals surface area contributed by atoms with Crippen molar-refractivity contribution < 1.29 is 23.9 Å². The van der Waals surface area contributed by atoms with Gasteiger partial charge in [0.25, 0.3) is 17.7 Å². The standard InChI is InChI=1S/C53H62N10O5S2/c1-5-60(24-21-54-2)42-13-18-55-29-40(42)59-51(65)49-38(27-48(70-49)61-22-15-35(16-23-61)34-9-7-6-8-10-34)39-28-53(17-20-57-39)32-62(33-53)43-14-19-56-30-41(43)58-50(64)46-11-12-47(69-46)63-31-36-25-44(67-3)45(68-4)26-37(36)52(63)66/h6-11,13-14,18-19,25-27,29-30,35,39,47,54,57H,5,12,15-17,20-24,28,31-33H2,1-4H3,(H,58,64)(H,59,65). The van der Waals surface area contributed by atoms with Crippen molar-refractivity contribution in [1.82, 2.24) is 25.5 Å². The van der Waals surface area contributed by atoms with E-state index in [2.05, 4.69) is 89.3 Å². The summed E-state index contributed by atoms with van der Waals surface area (Å²) in [6, 6.07) is 20.7. The fraction of sp³-hybridized carbons (Fsp3) is 0.415. The average Bonchev–Trinajstić information content (AvgIpc) is 4.15. The van der Waals surface area contributed by atoms with E-state index >= 15 is 0 Å². The maximum absolute atomic E-state index is 14.7. The van der Waals surface area contributed by atoms with Crippen molar-refractivity contribution in [3.8, 4) is 11.5 Å². The van der Waals surface area contributed by atoms with Crippen LogP contribution < -0.4 is 45.4 Å². The molecule has 8 heterocycles. The average molecular weight is 983 g/mol. The molecule has 70 heavy (non-hydrogen) atoms. The van der Waals surface area contributed by atoms with Gasteiger partial charge >= 0.3 is 0 Å². The minimum absolute atomic E-state index is 0.0146. The fourth-order valence-corrected chi connectivity index (χ4v) is 13.3. The van der Waals surface area contributed by atoms with Gasteiger partial charge in [0.05, 0.1) is 69.5 Å². The second-order valence-electron chi connectivity index (χ2n) is 18.9. The molecule has 5 aliphatic rings. The number of aromatic nitrogens is 2. The summed E-state index contributed by atoms with van der Waals surface area (Å²) < 4.78 is 10.9. The third kappa shape index (κ3) is 9.55. The minimum Gasteiger partial charge on any atom is -0.493 e. The van der Waals surface area contributed by atoms with Crippen molar-refractivity contribution in [2.24, 2.45) is 5.41 Å². The lowest BCUT2D eigenvalue weighted by atomic mass is 9.69. The zero-order valence-corrected chi connectivity index (χ0v) is 42.0. The Kier molecular flexibility index (Phi) is 14.0. The number of amides is 3. The lowest BCUT2D eigenvalue weighted by Crippen LogP contribution is -2.60. The van der Waals surface area contributed by atoms with E-state index in [-0.39, 0.29) is 34.6 Å². The van der Waals surface area contributed by atoms with Crippen molar-refractivity contribution in [1.29, 1.82) is 0 Å². The molecule has 17 heteroatoms. The third-order valence-electron chi connectivity index (χ3n) is 14.7. The molecule has 3 aromatic heterocycles. The van der Waals surface area contributed by atoms with Crippen LogP contribution in [0.25, 0.3) is 0 Å². The number of thiophene rings is 1. The molecular weight excluding hydrogens is 921 g/mol. The second-order valence-corrected chi connectivity index (χ2v) is 21.2. The van der Waals surface area contributed by atoms with Crippen LogP contribution >= 0.6 is 23.1 Å². The highest BCUT2D eigenvalue weighted by Crippen LogP contribution is 2.50. The van der Waals surface area contributed by atoms with Gasteiger partial charge in [-0.3, -0.25) is 24.4 Å². The summed E-state index contributed by atoms with van der Waals surface area (Å²) in [5.41, 5.74) is 7.17. The molecule has 2 unspecified atom stereocenters. The maximum Gasteiger partial charge on any atom is 0.266 e. The van der Waals surface area contributed by atoms with Crippen molar-refractivity contribution >= 4 is 68.6 Å². The van der Waals surface area contributed by atoms with Gasteiger partial charge in [0.15, 0.2) is 11.5 Å². The quantitative estimate of drug-likeness (QED) is 0.0753. The van der Waals surface area contributed by atoms with Gasteiger partial charge < -0.3 is 50.3 Å². The summed E-state index contributed by atoms with van der Waals surface area (Å²) in [4.78, 5) is 61.2. The normalized spacial score (nSPS) is 19.7. The molecule has 4 N–H and O–H groups in total. The Morgan fingerprint density at radius 2 is 1.67 bits per heavy atom. The molecule has 5 aliphatic heterocycles. The Morgan fingerprint density at radius 3 is 2.43 bits per heavy atom. The van der Waals surface area contributed by atoms with E-state index in [4.69, 9.17) is 9.47 Å². The first kappa shape index (κ1) is 47.5. The van der Waals surface area contributed by atoms with Gasteiger partial charge in [-0.2, -0.15) is 0 Å². The second kappa shape index (κ2) is 20.7. The SMILES string of the molecule is CCN(CCNC)c1ccncc1NC(=O)c1sc(N2CCC(c3ccccc3)CC2)cc1C1CC2(CCN1)CN(c1ccncc1NC(=O)C1=CCC(N3Cc4cc(OC)c(OC)cc4C3=O)S1)C2. The molecule has 2 aromatic carbocycles. The van der Waals surface area contributed by atoms with Crippen LogP contribution in [0.1, 0.15) is 87.7 Å². The monoisotopic (exact) mass is 982 g/mol. The number of likely N-dealkylation sites (N-methyl/N-ethyl adjacent to an activating group) is 2. The van der Waals surface area contributed by atoms with Crippen LogP contribution in [-0.2, 0) is 11.3 Å². The van der Waals surface area contributed by atoms with E-state index in [0.717, 1.165) is 110 Å². The number of thioether (sulfide) groups is 1. The summed E-state index contributed by atoms with van der Waals surface area (Å²) in [7, 11) is 5.09. The van der Waals surface area contributed by atoms with Crippen LogP contribution in [0.3, 0.4) is 0 Å². The fourth-order valence-electron chi connectivity index (χ4n) is 11.0. The summed E-state index contributed by atoms with van der Waals surface area (Å²) >= 11 is 3.01. The summed E-state index contributed by atoms with van der Waals surface area (Å²) in [5.74, 6) is 1.21. The van der Waals surface area contributed by atoms with E-state index in [0.29, 0.717) is 52.2 Å². The number of anilines is 5. The molecule has 5 aromatic rings. The van der Waals surface area contributed by atoms with Gasteiger partial charge in [0.1, 0.15) is 0 Å². The molecule has 366 valence electrons. The molecule has 15 nitrogen and oxygen atoms in total. The Labute approximate surface area is 418 Å². The molecule has 0 aliphatic carbocycles. The lowest BCUT2D eigenvalue weighted by Gasteiger charge is -2.55. The van der Waals surface area contributed by atoms with Gasteiger partial charge in [-0.15, -0.1) is 11.3 Å². The Hall–Kier alpha value is -6.14. The Morgan fingerprint density at radius 1 is 0.929 bits per heavy atom. The predicted octanol–water partition coefficient (Wildman–Crippen LogP) is 8.11. The van der Waals surface area contributed by atoms with Crippen molar-refractivity contribution in [3.63, 3.8) is 0 Å². The number of carbonyl (C=O) groups excluding carboxylic acids is 3. The highest BCUT2D eigenvalue weighted by atomic mass is 32.2. The number of nitrogens with zero attached hydrogens (tertiary/aromatic N) is 6. The third-order valence-corrected chi connectivity index (χ3v) is 17.2. The molecule has 1 spiro atoms. The molecule has 0 radical (unpaired) electrons. The van der Waals surface area contributed by atoms with Crippen molar-refractivity contribution in [2.75, 3.05) is 99.0 Å². The number of benzene rings is 2. The molecule has 3 amide bonds. The number of ether oxygens (including phenoxy) is 2. The van der Waals surface area contributed by atoms with E-state index < -0.39 is 0 Å². The largest absolute Gasteiger partial charge is 0.493 e. The Balaban J connectivity index is 0.827. The lowest BCUT2D eigenvalue weighted by molar-refractivity contribution is -0.112. The van der Waals surface area contributed by atoms with Gasteiger partial charge in [0, 0.05) is 81.8 Å². The van der Waals surface area contributed by atoms with E-state index in [1.807, 2.05) is 36.2 Å². The van der Waals surface area contributed by atoms with Crippen LogP contribution in [0.2, 0.25) is 0 Å². The highest BCUT2D eigenvalue weighted by Gasteiger charge is 2.48. The number of fused-ring (bicyclic) bond motifs is 1. The number of pyridine rings is 2. The summed E-state index contributed by atoms with van der Waals surface area (Å²) in [5, 5.41) is 14.5. The number of nitrogens with one attached hydrogen (secondary N) is 4. The topological polar surface area (TPSA) is 157 Å². The highest BCUT2D eigenvalue weighted by molar-refractivity contribution is 8.04. The number of carbonyl (C=O) groups is 3. The number of rotatable bonds is 16. The molecule has 3 saturated heterocycles. The zero-order chi connectivity index (χ0) is 48.4. The molecule has 2 atom stereocenters. The summed E-state index contributed by atoms with van der Waals surface area (Å²) in [6.45, 7) is 9.30. The van der Waals surface area contributed by atoms with E-state index in [1.165, 1.54) is 17.3 Å². The van der Waals surface area contributed by atoms with E-state index in [1.54, 1.807) is 56.4 Å². The molecule has 0 bridgehead atoms. The minimum atomic E-state index is -0.214. The number of hydrogen-bond donors (Lipinski definition) is 4. The molecule has 10 rings (SSSR count). The van der Waals surface area contributed by atoms with Crippen LogP contribution in [0.5, 0.6) is 11.5 Å². The van der Waals surface area contributed by atoms with E-state index in [9.17, 15) is 14.4 Å². The first-order valence-corrected chi connectivity index (χ1v) is 26.1. The van der Waals surface area contributed by atoms with Crippen LogP contribution in [-0.4, -0.2) is 112 Å². The molecular formula is C53H62N10O5S2. The number of methoxy groups -OCH3 is 2. The summed E-state index contributed by atoms with van der Waals surface area (Å²) in [6.07, 6.45) is 13.5. The maximum atomic E-state index is 14.7. The molecule has 3 fully saturated rings. The Bertz CT molecular complexity index is 2760. The van der Waals surface area contributed by atoms with Gasteiger partial charge in [-0.1, -0.05) is 48.2 Å². The van der Waals surface area contributed by atoms with Crippen LogP contribution in [0.15, 0.2) is 96.4 Å². The smallest absolute Gasteiger partial charge is 0.266 e. The zero-order valence-electron chi connectivity index (χ0n) is 40.3. The number of hydrogen-bond acceptors (Lipinski definition) is 14. The predicted molar refractivity (Wildman–Crippen MR) is 280 cm³/mol. The van der Waals surface area contributed by atoms with Gasteiger partial charge in [-0.25, -0.2) is 0 Å². The first-order chi connectivity index (χ1) is 34.2. The first-order valence-electron chi connectivity index (χ1n) is 24.4. The molecule has 0 saturated carbocycles. The van der Waals surface area contributed by atoms with Crippen molar-refractivity contribution in [3.05, 3.63) is 124 Å².